The summed E-state index contributed by atoms with van der Waals surface area (Å²) < 4.78 is 11.2. The highest BCUT2D eigenvalue weighted by Gasteiger charge is 2.26. The Balaban J connectivity index is 2.60. The maximum atomic E-state index is 11.2. The van der Waals surface area contributed by atoms with Gasteiger partial charge in [0.05, 0.1) is 0 Å². The molecule has 10 heavy (non-hydrogen) atoms. The van der Waals surface area contributed by atoms with Crippen molar-refractivity contribution in [2.75, 3.05) is 19.3 Å². The quantitative estimate of drug-likeness (QED) is 0.514. The van der Waals surface area contributed by atoms with Crippen LogP contribution in [0.15, 0.2) is 0 Å². The molecular formula is C7H15NOS. The molecule has 0 radical (unpaired) electrons. The van der Waals surface area contributed by atoms with Crippen molar-refractivity contribution in [1.29, 1.82) is 0 Å². The van der Waals surface area contributed by atoms with Gasteiger partial charge in [-0.3, -0.25) is 4.21 Å². The fourth-order valence-corrected chi connectivity index (χ4v) is 2.69. The largest absolute Gasteiger partial charge is 0.302 e. The van der Waals surface area contributed by atoms with E-state index in [-0.39, 0.29) is 0 Å². The molecule has 0 aromatic rings. The second kappa shape index (κ2) is 3.01. The van der Waals surface area contributed by atoms with E-state index in [0.717, 1.165) is 12.3 Å². The van der Waals surface area contributed by atoms with E-state index >= 15 is 0 Å². The van der Waals surface area contributed by atoms with Crippen LogP contribution in [-0.4, -0.2) is 39.7 Å². The van der Waals surface area contributed by atoms with Gasteiger partial charge in [-0.15, -0.1) is 0 Å². The number of hydrogen-bond acceptors (Lipinski definition) is 2. The van der Waals surface area contributed by atoms with E-state index in [1.54, 1.807) is 0 Å². The van der Waals surface area contributed by atoms with E-state index in [9.17, 15) is 4.21 Å². The molecule has 2 nitrogen and oxygen atoms in total. The van der Waals surface area contributed by atoms with Gasteiger partial charge >= 0.3 is 0 Å². The van der Waals surface area contributed by atoms with Gasteiger partial charge < -0.3 is 4.90 Å². The van der Waals surface area contributed by atoms with Crippen LogP contribution in [0.5, 0.6) is 0 Å². The summed E-state index contributed by atoms with van der Waals surface area (Å²) in [6.07, 6.45) is 0. The molecule has 1 aliphatic rings. The highest BCUT2D eigenvalue weighted by molar-refractivity contribution is 7.85. The first-order valence-corrected chi connectivity index (χ1v) is 5.08. The molecule has 0 spiro atoms. The fourth-order valence-electron chi connectivity index (χ4n) is 1.20. The van der Waals surface area contributed by atoms with E-state index in [1.807, 2.05) is 0 Å². The number of rotatable bonds is 0. The summed E-state index contributed by atoms with van der Waals surface area (Å²) in [7, 11) is 1.52. The topological polar surface area (TPSA) is 20.3 Å². The van der Waals surface area contributed by atoms with Crippen LogP contribution in [0.4, 0.5) is 0 Å². The Hall–Kier alpha value is 0.110. The van der Waals surface area contributed by atoms with Crippen molar-refractivity contribution in [2.45, 2.75) is 25.1 Å². The van der Waals surface area contributed by atoms with Gasteiger partial charge in [0.25, 0.3) is 0 Å². The predicted molar refractivity (Wildman–Crippen MR) is 44.6 cm³/mol. The van der Waals surface area contributed by atoms with Crippen molar-refractivity contribution in [3.05, 3.63) is 0 Å². The second-order valence-electron chi connectivity index (χ2n) is 3.01. The monoisotopic (exact) mass is 161 g/mol. The normalized spacial score (nSPS) is 43.7. The number of hydrogen-bond donors (Lipinski definition) is 0. The van der Waals surface area contributed by atoms with Crippen LogP contribution in [0.25, 0.3) is 0 Å². The molecule has 0 aromatic heterocycles. The van der Waals surface area contributed by atoms with Gasteiger partial charge in [0.15, 0.2) is 0 Å². The van der Waals surface area contributed by atoms with E-state index in [4.69, 9.17) is 0 Å². The summed E-state index contributed by atoms with van der Waals surface area (Å²) in [5.74, 6) is 0.849. The maximum Gasteiger partial charge on any atom is 0.0472 e. The van der Waals surface area contributed by atoms with Gasteiger partial charge in [0.2, 0.25) is 0 Å². The Labute approximate surface area is 65.1 Å². The van der Waals surface area contributed by atoms with Crippen LogP contribution in [0, 0.1) is 0 Å². The molecule has 0 bridgehead atoms. The van der Waals surface area contributed by atoms with Gasteiger partial charge in [-0.2, -0.15) is 0 Å². The lowest BCUT2D eigenvalue weighted by Crippen LogP contribution is -2.47. The minimum absolute atomic E-state index is 0.346. The molecule has 1 unspecified atom stereocenters. The zero-order chi connectivity index (χ0) is 7.72. The zero-order valence-electron chi connectivity index (χ0n) is 6.83. The summed E-state index contributed by atoms with van der Waals surface area (Å²) in [6.45, 7) is 5.19. The molecule has 0 amide bonds. The van der Waals surface area contributed by atoms with Gasteiger partial charge in [0.1, 0.15) is 0 Å². The molecule has 0 saturated carbocycles. The summed E-state index contributed by atoms with van der Waals surface area (Å²) in [4.78, 5) is 2.27. The first-order chi connectivity index (χ1) is 4.63. The second-order valence-corrected chi connectivity index (χ2v) is 4.92. The molecule has 0 aliphatic carbocycles. The van der Waals surface area contributed by atoms with Crippen molar-refractivity contribution < 1.29 is 4.21 Å². The molecule has 0 aromatic carbocycles. The summed E-state index contributed by atoms with van der Waals surface area (Å²) in [5, 5.41) is 0.346. The zero-order valence-corrected chi connectivity index (χ0v) is 7.65. The number of nitrogens with zero attached hydrogens (tertiary/aromatic N) is 1. The Bertz CT molecular complexity index is 149. The van der Waals surface area contributed by atoms with E-state index < -0.39 is 10.8 Å². The molecule has 3 heteroatoms. The Kier molecular flexibility index (Phi) is 2.47. The lowest BCUT2D eigenvalue weighted by molar-refractivity contribution is 0.258. The van der Waals surface area contributed by atoms with Crippen molar-refractivity contribution in [3.63, 3.8) is 0 Å². The van der Waals surface area contributed by atoms with Crippen molar-refractivity contribution in [2.24, 2.45) is 0 Å². The average Bonchev–Trinajstić information content (AvgIpc) is 1.93. The summed E-state index contributed by atoms with van der Waals surface area (Å²) >= 11 is 0. The minimum atomic E-state index is -0.577. The third kappa shape index (κ3) is 1.40. The first-order valence-electron chi connectivity index (χ1n) is 3.70. The lowest BCUT2D eigenvalue weighted by Gasteiger charge is -2.34. The van der Waals surface area contributed by atoms with E-state index in [0.29, 0.717) is 11.3 Å². The molecule has 1 rings (SSSR count). The highest BCUT2D eigenvalue weighted by atomic mass is 32.2. The summed E-state index contributed by atoms with van der Waals surface area (Å²) in [6, 6.07) is 0.481. The van der Waals surface area contributed by atoms with Crippen molar-refractivity contribution in [1.82, 2.24) is 4.90 Å². The van der Waals surface area contributed by atoms with Gasteiger partial charge in [-0.1, -0.05) is 0 Å². The van der Waals surface area contributed by atoms with Crippen LogP contribution in [0.2, 0.25) is 0 Å². The smallest absolute Gasteiger partial charge is 0.0472 e. The van der Waals surface area contributed by atoms with E-state index in [1.165, 1.54) is 0 Å². The lowest BCUT2D eigenvalue weighted by atomic mass is 10.2. The van der Waals surface area contributed by atoms with Crippen molar-refractivity contribution >= 4 is 10.8 Å². The first kappa shape index (κ1) is 8.21. The molecule has 1 saturated heterocycles. The minimum Gasteiger partial charge on any atom is -0.302 e. The molecular weight excluding hydrogens is 146 g/mol. The Morgan fingerprint density at radius 3 is 2.60 bits per heavy atom. The Morgan fingerprint density at radius 1 is 1.50 bits per heavy atom. The third-order valence-corrected chi connectivity index (χ3v) is 4.24. The summed E-state index contributed by atoms with van der Waals surface area (Å²) in [5.41, 5.74) is 0. The molecule has 3 atom stereocenters. The average molecular weight is 161 g/mol. The standard InChI is InChI=1S/C7H15NOS/c1-6-7(2)10(9)5-4-8(6)3/h6-7H,4-5H2,1-3H3/t6-,7-,10?/m0/s1. The fraction of sp³-hybridized carbons (Fsp3) is 1.00. The third-order valence-electron chi connectivity index (χ3n) is 2.43. The van der Waals surface area contributed by atoms with Crippen molar-refractivity contribution in [3.8, 4) is 0 Å². The molecule has 1 heterocycles. The highest BCUT2D eigenvalue weighted by Crippen LogP contribution is 2.13. The predicted octanol–water partition coefficient (Wildman–Crippen LogP) is 0.458. The van der Waals surface area contributed by atoms with E-state index in [2.05, 4.69) is 25.8 Å². The Morgan fingerprint density at radius 2 is 2.10 bits per heavy atom. The molecule has 1 fully saturated rings. The van der Waals surface area contributed by atoms with Crippen LogP contribution in [0.1, 0.15) is 13.8 Å². The molecule has 0 N–H and O–H groups in total. The van der Waals surface area contributed by atoms with Crippen LogP contribution in [0.3, 0.4) is 0 Å². The van der Waals surface area contributed by atoms with Gasteiger partial charge in [-0.25, -0.2) is 0 Å². The van der Waals surface area contributed by atoms with Crippen LogP contribution in [-0.2, 0) is 10.8 Å². The SMILES string of the molecule is C[C@H]1[C@H](C)S(=O)CCN1C. The van der Waals surface area contributed by atoms with Gasteiger partial charge in [0, 0.05) is 34.4 Å². The maximum absolute atomic E-state index is 11.2. The van der Waals surface area contributed by atoms with Crippen LogP contribution < -0.4 is 0 Å². The molecule has 1 aliphatic heterocycles. The van der Waals surface area contributed by atoms with Gasteiger partial charge in [-0.05, 0) is 20.9 Å². The molecule has 60 valence electrons. The van der Waals surface area contributed by atoms with Crippen LogP contribution >= 0.6 is 0 Å².